The van der Waals surface area contributed by atoms with Gasteiger partial charge in [-0.15, -0.1) is 0 Å². The van der Waals surface area contributed by atoms with E-state index in [9.17, 15) is 14.0 Å². The van der Waals surface area contributed by atoms with Gasteiger partial charge >= 0.3 is 11.9 Å². The lowest BCUT2D eigenvalue weighted by Gasteiger charge is -2.08. The third kappa shape index (κ3) is 3.08. The van der Waals surface area contributed by atoms with Gasteiger partial charge in [-0.25, -0.2) is 14.0 Å². The molecule has 0 bridgehead atoms. The average Bonchev–Trinajstić information content (AvgIpc) is 2.47. The Morgan fingerprint density at radius 3 is 2.38 bits per heavy atom. The van der Waals surface area contributed by atoms with Crippen LogP contribution in [0.2, 0.25) is 0 Å². The van der Waals surface area contributed by atoms with E-state index < -0.39 is 17.8 Å². The molecule has 108 valence electrons. The number of esters is 1. The number of rotatable bonds is 4. The van der Waals surface area contributed by atoms with Gasteiger partial charge in [-0.3, -0.25) is 0 Å². The van der Waals surface area contributed by atoms with Crippen LogP contribution in [0.3, 0.4) is 0 Å². The molecule has 0 unspecified atom stereocenters. The van der Waals surface area contributed by atoms with Crippen LogP contribution in [-0.2, 0) is 4.74 Å². The fourth-order valence-electron chi connectivity index (χ4n) is 1.98. The number of carbonyl (C=O) groups excluding carboxylic acids is 1. The summed E-state index contributed by atoms with van der Waals surface area (Å²) >= 11 is 0. The minimum Gasteiger partial charge on any atom is -0.478 e. The first kappa shape index (κ1) is 14.7. The van der Waals surface area contributed by atoms with Crippen molar-refractivity contribution in [3.8, 4) is 11.1 Å². The lowest BCUT2D eigenvalue weighted by atomic mass is 9.98. The van der Waals surface area contributed by atoms with Gasteiger partial charge in [0.15, 0.2) is 0 Å². The summed E-state index contributed by atoms with van der Waals surface area (Å²) < 4.78 is 18.5. The van der Waals surface area contributed by atoms with Crippen LogP contribution in [0.15, 0.2) is 42.5 Å². The molecule has 0 aliphatic carbocycles. The topological polar surface area (TPSA) is 63.6 Å². The van der Waals surface area contributed by atoms with Gasteiger partial charge in [0, 0.05) is 0 Å². The van der Waals surface area contributed by atoms with Crippen LogP contribution in [0.4, 0.5) is 4.39 Å². The van der Waals surface area contributed by atoms with Crippen molar-refractivity contribution in [2.24, 2.45) is 0 Å². The fourth-order valence-corrected chi connectivity index (χ4v) is 1.98. The third-order valence-corrected chi connectivity index (χ3v) is 2.93. The zero-order chi connectivity index (χ0) is 15.4. The van der Waals surface area contributed by atoms with Gasteiger partial charge in [-0.1, -0.05) is 24.3 Å². The van der Waals surface area contributed by atoms with Crippen molar-refractivity contribution in [1.29, 1.82) is 0 Å². The minimum atomic E-state index is -1.34. The van der Waals surface area contributed by atoms with Crippen LogP contribution in [0.5, 0.6) is 0 Å². The Balaban J connectivity index is 2.42. The van der Waals surface area contributed by atoms with Crippen LogP contribution in [-0.4, -0.2) is 23.7 Å². The van der Waals surface area contributed by atoms with Crippen molar-refractivity contribution in [2.45, 2.75) is 6.92 Å². The predicted octanol–water partition coefficient (Wildman–Crippen LogP) is 3.37. The maximum Gasteiger partial charge on any atom is 0.339 e. The number of benzene rings is 2. The van der Waals surface area contributed by atoms with Crippen LogP contribution >= 0.6 is 0 Å². The number of hydrogen-bond donors (Lipinski definition) is 1. The Labute approximate surface area is 120 Å². The van der Waals surface area contributed by atoms with E-state index >= 15 is 0 Å². The maximum absolute atomic E-state index is 13.6. The highest BCUT2D eigenvalue weighted by Gasteiger charge is 2.17. The van der Waals surface area contributed by atoms with E-state index in [2.05, 4.69) is 0 Å². The van der Waals surface area contributed by atoms with E-state index in [0.29, 0.717) is 11.1 Å². The quantitative estimate of drug-likeness (QED) is 0.876. The van der Waals surface area contributed by atoms with Gasteiger partial charge < -0.3 is 9.84 Å². The molecule has 0 amide bonds. The minimum absolute atomic E-state index is 0.262. The molecule has 0 saturated heterocycles. The van der Waals surface area contributed by atoms with E-state index in [0.717, 1.165) is 6.07 Å². The lowest BCUT2D eigenvalue weighted by molar-refractivity contribution is 0.0525. The Morgan fingerprint density at radius 1 is 1.14 bits per heavy atom. The number of carbonyl (C=O) groups is 2. The molecule has 4 nitrogen and oxygen atoms in total. The molecular formula is C16H13FO4. The molecule has 2 aromatic rings. The number of ether oxygens (including phenoxy) is 1. The zero-order valence-corrected chi connectivity index (χ0v) is 11.3. The molecule has 0 atom stereocenters. The number of carboxylic acids is 1. The molecule has 0 fully saturated rings. The Morgan fingerprint density at radius 2 is 1.81 bits per heavy atom. The molecule has 21 heavy (non-hydrogen) atoms. The molecule has 2 aromatic carbocycles. The van der Waals surface area contributed by atoms with Crippen LogP contribution in [0, 0.1) is 5.82 Å². The molecule has 0 aromatic heterocycles. The number of hydrogen-bond acceptors (Lipinski definition) is 3. The van der Waals surface area contributed by atoms with Crippen LogP contribution in [0.25, 0.3) is 11.1 Å². The molecule has 5 heteroatoms. The molecule has 0 radical (unpaired) electrons. The molecule has 0 saturated carbocycles. The smallest absolute Gasteiger partial charge is 0.339 e. The van der Waals surface area contributed by atoms with E-state index in [4.69, 9.17) is 9.84 Å². The van der Waals surface area contributed by atoms with E-state index in [1.165, 1.54) is 24.3 Å². The largest absolute Gasteiger partial charge is 0.478 e. The van der Waals surface area contributed by atoms with Crippen molar-refractivity contribution in [3.05, 3.63) is 59.4 Å². The van der Waals surface area contributed by atoms with Crippen LogP contribution in [0.1, 0.15) is 27.6 Å². The maximum atomic E-state index is 13.6. The highest BCUT2D eigenvalue weighted by Crippen LogP contribution is 2.26. The second kappa shape index (κ2) is 6.17. The Kier molecular flexibility index (Phi) is 4.33. The summed E-state index contributed by atoms with van der Waals surface area (Å²) in [4.78, 5) is 22.7. The van der Waals surface area contributed by atoms with Crippen molar-refractivity contribution in [1.82, 2.24) is 0 Å². The molecule has 0 spiro atoms. The highest BCUT2D eigenvalue weighted by molar-refractivity contribution is 5.97. The zero-order valence-electron chi connectivity index (χ0n) is 11.3. The highest BCUT2D eigenvalue weighted by atomic mass is 19.1. The monoisotopic (exact) mass is 288 g/mol. The first-order chi connectivity index (χ1) is 10.0. The molecule has 1 N–H and O–H groups in total. The summed E-state index contributed by atoms with van der Waals surface area (Å²) in [5.41, 5.74) is 0.744. The van der Waals surface area contributed by atoms with Crippen molar-refractivity contribution < 1.29 is 23.8 Å². The molecular weight excluding hydrogens is 275 g/mol. The normalized spacial score (nSPS) is 10.2. The second-order valence-corrected chi connectivity index (χ2v) is 4.27. The predicted molar refractivity (Wildman–Crippen MR) is 74.8 cm³/mol. The van der Waals surface area contributed by atoms with E-state index in [1.54, 1.807) is 19.1 Å². The van der Waals surface area contributed by atoms with Gasteiger partial charge in [0.2, 0.25) is 0 Å². The fraction of sp³-hybridized carbons (Fsp3) is 0.125. The summed E-state index contributed by atoms with van der Waals surface area (Å²) in [6.45, 7) is 1.98. The molecule has 2 rings (SSSR count). The first-order valence-electron chi connectivity index (χ1n) is 6.34. The standard InChI is InChI=1S/C16H13FO4/c1-2-21-16(20)11-8-6-10(7-9-11)12-4-3-5-13(17)14(12)15(18)19/h3-9H,2H2,1H3,(H,18,19). The van der Waals surface area contributed by atoms with Crippen LogP contribution < -0.4 is 0 Å². The van der Waals surface area contributed by atoms with Crippen molar-refractivity contribution in [3.63, 3.8) is 0 Å². The molecule has 0 heterocycles. The van der Waals surface area contributed by atoms with Gasteiger partial charge in [0.1, 0.15) is 11.4 Å². The second-order valence-electron chi connectivity index (χ2n) is 4.27. The summed E-state index contributed by atoms with van der Waals surface area (Å²) in [5, 5.41) is 9.11. The number of carboxylic acid groups (broad SMARTS) is 1. The van der Waals surface area contributed by atoms with Crippen molar-refractivity contribution >= 4 is 11.9 Å². The molecule has 0 aliphatic heterocycles. The number of halogens is 1. The first-order valence-corrected chi connectivity index (χ1v) is 6.34. The lowest BCUT2D eigenvalue weighted by Crippen LogP contribution is -2.05. The van der Waals surface area contributed by atoms with E-state index in [-0.39, 0.29) is 17.7 Å². The van der Waals surface area contributed by atoms with E-state index in [1.807, 2.05) is 0 Å². The average molecular weight is 288 g/mol. The third-order valence-electron chi connectivity index (χ3n) is 2.93. The SMILES string of the molecule is CCOC(=O)c1ccc(-c2cccc(F)c2C(=O)O)cc1. The van der Waals surface area contributed by atoms with Crippen molar-refractivity contribution in [2.75, 3.05) is 6.61 Å². The van der Waals surface area contributed by atoms with Gasteiger partial charge in [0.05, 0.1) is 12.2 Å². The Bertz CT molecular complexity index is 677. The molecule has 0 aliphatic rings. The van der Waals surface area contributed by atoms with Gasteiger partial charge in [0.25, 0.3) is 0 Å². The summed E-state index contributed by atoms with van der Waals surface area (Å²) in [6, 6.07) is 10.2. The van der Waals surface area contributed by atoms with Gasteiger partial charge in [-0.2, -0.15) is 0 Å². The summed E-state index contributed by atoms with van der Waals surface area (Å²) in [6.07, 6.45) is 0. The number of aromatic carboxylic acids is 1. The Hall–Kier alpha value is -2.69. The summed E-state index contributed by atoms with van der Waals surface area (Å²) in [5.74, 6) is -2.59. The van der Waals surface area contributed by atoms with Gasteiger partial charge in [-0.05, 0) is 36.2 Å². The summed E-state index contributed by atoms with van der Waals surface area (Å²) in [7, 11) is 0.